The molecule has 27 heavy (non-hydrogen) atoms. The topological polar surface area (TPSA) is 62.5 Å². The third-order valence-electron chi connectivity index (χ3n) is 3.89. The van der Waals surface area contributed by atoms with Crippen LogP contribution < -0.4 is 10.6 Å². The van der Waals surface area contributed by atoms with Gasteiger partial charge in [0, 0.05) is 12.1 Å². The van der Waals surface area contributed by atoms with Gasteiger partial charge in [-0.2, -0.15) is 0 Å². The standard InChI is InChI=1S/C21H24N4O.HI/c1-3-22-21(23-13-17-7-5-4-6-8-17)24-14-19-15-26-20(25-19)18-11-9-16(2)10-12-18;/h4-12,15H,3,13-14H2,1-2H3,(H2,22,23,24);1H. The van der Waals surface area contributed by atoms with Gasteiger partial charge >= 0.3 is 0 Å². The maximum Gasteiger partial charge on any atom is 0.226 e. The minimum atomic E-state index is 0. The maximum absolute atomic E-state index is 5.60. The Hall–Kier alpha value is -2.35. The zero-order chi connectivity index (χ0) is 18.2. The quantitative estimate of drug-likeness (QED) is 0.312. The number of benzene rings is 2. The Morgan fingerprint density at radius 3 is 2.48 bits per heavy atom. The van der Waals surface area contributed by atoms with E-state index in [0.717, 1.165) is 23.8 Å². The largest absolute Gasteiger partial charge is 0.444 e. The van der Waals surface area contributed by atoms with E-state index in [4.69, 9.17) is 4.42 Å². The van der Waals surface area contributed by atoms with E-state index in [1.54, 1.807) is 6.26 Å². The highest BCUT2D eigenvalue weighted by molar-refractivity contribution is 14.0. The Labute approximate surface area is 177 Å². The molecular formula is C21H25IN4O. The van der Waals surface area contributed by atoms with Crippen LogP contribution in [0.1, 0.15) is 23.7 Å². The molecule has 5 nitrogen and oxygen atoms in total. The van der Waals surface area contributed by atoms with Gasteiger partial charge in [0.25, 0.3) is 0 Å². The van der Waals surface area contributed by atoms with Gasteiger partial charge in [-0.1, -0.05) is 48.0 Å². The lowest BCUT2D eigenvalue weighted by atomic mass is 10.1. The summed E-state index contributed by atoms with van der Waals surface area (Å²) in [6.45, 7) is 6.09. The SMILES string of the molecule is CCNC(=NCc1ccccc1)NCc1coc(-c2ccc(C)cc2)n1.I. The molecule has 0 spiro atoms. The molecule has 0 bridgehead atoms. The molecule has 0 aliphatic heterocycles. The normalized spacial score (nSPS) is 11.0. The monoisotopic (exact) mass is 476 g/mol. The number of aliphatic imine (C=N–C) groups is 1. The van der Waals surface area contributed by atoms with Crippen molar-refractivity contribution in [1.29, 1.82) is 0 Å². The van der Waals surface area contributed by atoms with Crippen LogP contribution >= 0.6 is 24.0 Å². The van der Waals surface area contributed by atoms with Gasteiger partial charge in [-0.15, -0.1) is 24.0 Å². The van der Waals surface area contributed by atoms with Crippen LogP contribution in [-0.4, -0.2) is 17.5 Å². The zero-order valence-electron chi connectivity index (χ0n) is 15.6. The lowest BCUT2D eigenvalue weighted by Gasteiger charge is -2.10. The van der Waals surface area contributed by atoms with Crippen molar-refractivity contribution < 1.29 is 4.42 Å². The molecule has 0 unspecified atom stereocenters. The van der Waals surface area contributed by atoms with Gasteiger partial charge in [-0.05, 0) is 31.5 Å². The average molecular weight is 476 g/mol. The molecule has 3 aromatic rings. The van der Waals surface area contributed by atoms with E-state index in [1.165, 1.54) is 11.1 Å². The lowest BCUT2D eigenvalue weighted by molar-refractivity contribution is 0.572. The second-order valence-corrected chi connectivity index (χ2v) is 6.04. The van der Waals surface area contributed by atoms with E-state index in [9.17, 15) is 0 Å². The number of aromatic nitrogens is 1. The molecular weight excluding hydrogens is 451 g/mol. The van der Waals surface area contributed by atoms with Gasteiger partial charge in [-0.25, -0.2) is 9.98 Å². The Morgan fingerprint density at radius 1 is 1.04 bits per heavy atom. The Bertz CT molecular complexity index is 844. The minimum absolute atomic E-state index is 0. The van der Waals surface area contributed by atoms with Gasteiger partial charge in [0.05, 0.1) is 18.8 Å². The summed E-state index contributed by atoms with van der Waals surface area (Å²) in [7, 11) is 0. The first-order valence-corrected chi connectivity index (χ1v) is 8.82. The highest BCUT2D eigenvalue weighted by Gasteiger charge is 2.07. The summed E-state index contributed by atoms with van der Waals surface area (Å²) in [4.78, 5) is 9.16. The van der Waals surface area contributed by atoms with Crippen molar-refractivity contribution in [3.05, 3.63) is 77.7 Å². The number of rotatable bonds is 6. The third kappa shape index (κ3) is 6.39. The molecule has 0 atom stereocenters. The number of oxazole rings is 1. The van der Waals surface area contributed by atoms with Gasteiger partial charge in [0.15, 0.2) is 5.96 Å². The fourth-order valence-electron chi connectivity index (χ4n) is 2.49. The molecule has 0 amide bonds. The summed E-state index contributed by atoms with van der Waals surface area (Å²) < 4.78 is 5.60. The minimum Gasteiger partial charge on any atom is -0.444 e. The molecule has 0 saturated heterocycles. The second-order valence-electron chi connectivity index (χ2n) is 6.04. The Morgan fingerprint density at radius 2 is 1.78 bits per heavy atom. The first-order chi connectivity index (χ1) is 12.7. The summed E-state index contributed by atoms with van der Waals surface area (Å²) in [5.74, 6) is 1.39. The van der Waals surface area contributed by atoms with Gasteiger partial charge < -0.3 is 15.1 Å². The predicted octanol–water partition coefficient (Wildman–Crippen LogP) is 4.52. The molecule has 3 rings (SSSR count). The smallest absolute Gasteiger partial charge is 0.226 e. The number of guanidine groups is 1. The van der Waals surface area contributed by atoms with E-state index in [2.05, 4.69) is 51.8 Å². The number of hydrogen-bond donors (Lipinski definition) is 2. The van der Waals surface area contributed by atoms with Crippen LogP contribution in [0.4, 0.5) is 0 Å². The molecule has 0 aliphatic rings. The van der Waals surface area contributed by atoms with Crippen LogP contribution in [0.15, 0.2) is 70.3 Å². The number of hydrogen-bond acceptors (Lipinski definition) is 3. The summed E-state index contributed by atoms with van der Waals surface area (Å²) in [5, 5.41) is 6.55. The fourth-order valence-corrected chi connectivity index (χ4v) is 2.49. The Balaban J connectivity index is 0.00000261. The molecule has 0 fully saturated rings. The van der Waals surface area contributed by atoms with Crippen molar-refractivity contribution in [1.82, 2.24) is 15.6 Å². The van der Waals surface area contributed by atoms with Crippen LogP contribution in [0.5, 0.6) is 0 Å². The molecule has 2 aromatic carbocycles. The predicted molar refractivity (Wildman–Crippen MR) is 120 cm³/mol. The summed E-state index contributed by atoms with van der Waals surface area (Å²) >= 11 is 0. The zero-order valence-corrected chi connectivity index (χ0v) is 17.9. The van der Waals surface area contributed by atoms with E-state index < -0.39 is 0 Å². The highest BCUT2D eigenvalue weighted by atomic mass is 127. The molecule has 142 valence electrons. The first-order valence-electron chi connectivity index (χ1n) is 8.82. The summed E-state index contributed by atoms with van der Waals surface area (Å²) in [5.41, 5.74) is 4.21. The highest BCUT2D eigenvalue weighted by Crippen LogP contribution is 2.18. The Kier molecular flexibility index (Phi) is 8.32. The van der Waals surface area contributed by atoms with E-state index in [-0.39, 0.29) is 24.0 Å². The van der Waals surface area contributed by atoms with Crippen LogP contribution in [0.25, 0.3) is 11.5 Å². The average Bonchev–Trinajstić information content (AvgIpc) is 3.14. The first kappa shape index (κ1) is 21.0. The van der Waals surface area contributed by atoms with E-state index in [0.29, 0.717) is 19.0 Å². The third-order valence-corrected chi connectivity index (χ3v) is 3.89. The lowest BCUT2D eigenvalue weighted by Crippen LogP contribution is -2.36. The molecule has 2 N–H and O–H groups in total. The van der Waals surface area contributed by atoms with Crippen LogP contribution in [0.3, 0.4) is 0 Å². The molecule has 1 heterocycles. The molecule has 6 heteroatoms. The summed E-state index contributed by atoms with van der Waals surface area (Å²) in [6, 6.07) is 18.3. The number of nitrogens with zero attached hydrogens (tertiary/aromatic N) is 2. The van der Waals surface area contributed by atoms with Crippen molar-refractivity contribution in [2.45, 2.75) is 26.9 Å². The van der Waals surface area contributed by atoms with Crippen LogP contribution in [-0.2, 0) is 13.1 Å². The van der Waals surface area contributed by atoms with Crippen molar-refractivity contribution >= 4 is 29.9 Å². The molecule has 0 aliphatic carbocycles. The summed E-state index contributed by atoms with van der Waals surface area (Å²) in [6.07, 6.45) is 1.68. The second kappa shape index (κ2) is 10.7. The van der Waals surface area contributed by atoms with Crippen molar-refractivity contribution in [2.24, 2.45) is 4.99 Å². The van der Waals surface area contributed by atoms with Crippen LogP contribution in [0, 0.1) is 6.92 Å². The van der Waals surface area contributed by atoms with Crippen molar-refractivity contribution in [3.8, 4) is 11.5 Å². The number of nitrogens with one attached hydrogen (secondary N) is 2. The van der Waals surface area contributed by atoms with Crippen molar-refractivity contribution in [3.63, 3.8) is 0 Å². The van der Waals surface area contributed by atoms with Gasteiger partial charge in [-0.3, -0.25) is 0 Å². The maximum atomic E-state index is 5.60. The molecule has 0 saturated carbocycles. The fraction of sp³-hybridized carbons (Fsp3) is 0.238. The van der Waals surface area contributed by atoms with Gasteiger partial charge in [0.1, 0.15) is 6.26 Å². The van der Waals surface area contributed by atoms with E-state index >= 15 is 0 Å². The van der Waals surface area contributed by atoms with E-state index in [1.807, 2.05) is 37.3 Å². The van der Waals surface area contributed by atoms with Crippen molar-refractivity contribution in [2.75, 3.05) is 6.54 Å². The van der Waals surface area contributed by atoms with Crippen LogP contribution in [0.2, 0.25) is 0 Å². The number of aryl methyl sites for hydroxylation is 1. The molecule has 0 radical (unpaired) electrons. The van der Waals surface area contributed by atoms with Gasteiger partial charge in [0.2, 0.25) is 5.89 Å². The molecule has 1 aromatic heterocycles. The number of halogens is 1.